The lowest BCUT2D eigenvalue weighted by molar-refractivity contribution is 0.0593. The summed E-state index contributed by atoms with van der Waals surface area (Å²) in [5.41, 5.74) is 5.63. The van der Waals surface area contributed by atoms with Crippen molar-refractivity contribution in [2.45, 2.75) is 65.3 Å². The third kappa shape index (κ3) is 5.04. The van der Waals surface area contributed by atoms with Crippen LogP contribution in [-0.2, 0) is 4.65 Å². The Balaban J connectivity index is 1.48. The van der Waals surface area contributed by atoms with Gasteiger partial charge in [-0.2, -0.15) is 0 Å². The molecule has 2 N–H and O–H groups in total. The largest absolute Gasteiger partial charge is 0.508 e. The molecule has 0 amide bonds. The number of benzene rings is 2. The molecule has 0 unspecified atom stereocenters. The molecule has 0 spiro atoms. The third-order valence-corrected chi connectivity index (χ3v) is 8.54. The fourth-order valence-corrected chi connectivity index (χ4v) is 6.91. The second kappa shape index (κ2) is 11.0. The van der Waals surface area contributed by atoms with Gasteiger partial charge in [0, 0.05) is 23.0 Å². The van der Waals surface area contributed by atoms with Crippen LogP contribution in [0.15, 0.2) is 65.3 Å². The highest BCUT2D eigenvalue weighted by Gasteiger charge is 2.53. The molecule has 2 aromatic carbocycles. The number of ketones is 2. The molecule has 3 aliphatic rings. The van der Waals surface area contributed by atoms with Gasteiger partial charge < -0.3 is 14.8 Å². The lowest BCUT2D eigenvalue weighted by Crippen LogP contribution is -2.51. The van der Waals surface area contributed by atoms with Crippen molar-refractivity contribution >= 4 is 24.8 Å². The second-order valence-electron chi connectivity index (χ2n) is 11.4. The Labute approximate surface area is 225 Å². The number of hydrogen-bond donors (Lipinski definition) is 2. The van der Waals surface area contributed by atoms with E-state index in [4.69, 9.17) is 4.65 Å². The first-order valence-electron chi connectivity index (χ1n) is 14.0. The normalized spacial score (nSPS) is 25.4. The summed E-state index contributed by atoms with van der Waals surface area (Å²) >= 11 is 0. The molecular formula is C32H37BO5. The molecule has 38 heavy (non-hydrogen) atoms. The number of phenolic OH excluding ortho intramolecular Hbond substituents is 1. The standard InChI is InChI=1S/C32H37BO5/c1-4-8-20(15-21-9-7-10-22(34)16-21)13-14-28-29-25(19(2)3)17-26-30(27(29)18-33(37)38-28)32(36)24-12-6-5-11-23(24)31(26)35/h5-7,9-12,15-16,19,26-28,30,34,37H,4,8,13-14,17-18H2,1-3H3/b20-15+/t26-,27+,28-,30-/m1/s1. The van der Waals surface area contributed by atoms with Crippen molar-refractivity contribution in [3.8, 4) is 5.75 Å². The Morgan fingerprint density at radius 3 is 2.47 bits per heavy atom. The molecule has 6 heteroatoms. The lowest BCUT2D eigenvalue weighted by atomic mass is 9.53. The van der Waals surface area contributed by atoms with E-state index < -0.39 is 13.0 Å². The second-order valence-corrected chi connectivity index (χ2v) is 11.4. The number of fused-ring (bicyclic) bond motifs is 4. The first kappa shape index (κ1) is 26.6. The molecule has 5 rings (SSSR count). The van der Waals surface area contributed by atoms with Gasteiger partial charge >= 0.3 is 7.12 Å². The summed E-state index contributed by atoms with van der Waals surface area (Å²) in [6, 6.07) is 14.4. The minimum Gasteiger partial charge on any atom is -0.508 e. The van der Waals surface area contributed by atoms with Gasteiger partial charge in [0.25, 0.3) is 0 Å². The highest BCUT2D eigenvalue weighted by Crippen LogP contribution is 2.52. The molecule has 4 atom stereocenters. The molecule has 1 saturated heterocycles. The van der Waals surface area contributed by atoms with E-state index >= 15 is 0 Å². The van der Waals surface area contributed by atoms with Gasteiger partial charge in [0.05, 0.1) is 6.10 Å². The molecule has 2 aliphatic carbocycles. The van der Waals surface area contributed by atoms with Crippen LogP contribution in [-0.4, -0.2) is 34.9 Å². The van der Waals surface area contributed by atoms with Gasteiger partial charge in [0.1, 0.15) is 5.75 Å². The average molecular weight is 512 g/mol. The average Bonchev–Trinajstić information content (AvgIpc) is 2.89. The van der Waals surface area contributed by atoms with Gasteiger partial charge in [-0.25, -0.2) is 0 Å². The van der Waals surface area contributed by atoms with Gasteiger partial charge in [0.15, 0.2) is 11.6 Å². The summed E-state index contributed by atoms with van der Waals surface area (Å²) in [4.78, 5) is 27.4. The molecule has 1 fully saturated rings. The van der Waals surface area contributed by atoms with Crippen LogP contribution in [0.4, 0.5) is 0 Å². The number of carbonyl (C=O) groups excluding carboxylic acids is 2. The van der Waals surface area contributed by atoms with Crippen molar-refractivity contribution < 1.29 is 24.4 Å². The van der Waals surface area contributed by atoms with Crippen LogP contribution < -0.4 is 0 Å². The van der Waals surface area contributed by atoms with E-state index in [1.807, 2.05) is 24.3 Å². The van der Waals surface area contributed by atoms with Crippen LogP contribution in [0.1, 0.15) is 79.2 Å². The van der Waals surface area contributed by atoms with E-state index in [1.165, 1.54) is 11.1 Å². The van der Waals surface area contributed by atoms with Crippen LogP contribution in [0.2, 0.25) is 6.32 Å². The van der Waals surface area contributed by atoms with E-state index in [9.17, 15) is 19.7 Å². The van der Waals surface area contributed by atoms with E-state index in [0.717, 1.165) is 30.4 Å². The number of hydrogen-bond acceptors (Lipinski definition) is 5. The Bertz CT molecular complexity index is 1290. The molecule has 0 bridgehead atoms. The number of rotatable bonds is 7. The molecule has 1 heterocycles. The van der Waals surface area contributed by atoms with Gasteiger partial charge in [-0.3, -0.25) is 9.59 Å². The first-order chi connectivity index (χ1) is 18.3. The quantitative estimate of drug-likeness (QED) is 0.326. The highest BCUT2D eigenvalue weighted by molar-refractivity contribution is 6.43. The Hall–Kier alpha value is -2.96. The summed E-state index contributed by atoms with van der Waals surface area (Å²) in [7, 11) is -0.967. The minimum atomic E-state index is -0.967. The SMILES string of the molecule is CCC/C(=C\c1cccc(O)c1)CC[C@H]1OB(O)C[C@H]2C1=C(C(C)C)C[C@H]1C(=O)c3ccccc3C(=O)[C@H]12. The lowest BCUT2D eigenvalue weighted by Gasteiger charge is -2.48. The molecule has 1 aliphatic heterocycles. The zero-order chi connectivity index (χ0) is 27.0. The van der Waals surface area contributed by atoms with E-state index in [2.05, 4.69) is 26.8 Å². The maximum absolute atomic E-state index is 13.8. The van der Waals surface area contributed by atoms with Crippen molar-refractivity contribution in [3.05, 3.63) is 81.9 Å². The van der Waals surface area contributed by atoms with Crippen LogP contribution in [0.5, 0.6) is 5.75 Å². The predicted molar refractivity (Wildman–Crippen MR) is 150 cm³/mol. The molecule has 5 nitrogen and oxygen atoms in total. The monoisotopic (exact) mass is 512 g/mol. The number of carbonyl (C=O) groups is 2. The third-order valence-electron chi connectivity index (χ3n) is 8.54. The predicted octanol–water partition coefficient (Wildman–Crippen LogP) is 6.52. The first-order valence-corrected chi connectivity index (χ1v) is 14.0. The molecule has 0 radical (unpaired) electrons. The Kier molecular flexibility index (Phi) is 7.74. The number of aromatic hydroxyl groups is 1. The van der Waals surface area contributed by atoms with Gasteiger partial charge in [-0.1, -0.05) is 80.8 Å². The molecule has 198 valence electrons. The topological polar surface area (TPSA) is 83.8 Å². The van der Waals surface area contributed by atoms with Crippen molar-refractivity contribution in [3.63, 3.8) is 0 Å². The fraction of sp³-hybridized carbons (Fsp3) is 0.438. The van der Waals surface area contributed by atoms with Crippen molar-refractivity contribution in [1.29, 1.82) is 0 Å². The maximum atomic E-state index is 13.8. The van der Waals surface area contributed by atoms with Gasteiger partial charge in [-0.05, 0) is 67.1 Å². The van der Waals surface area contributed by atoms with Crippen molar-refractivity contribution in [2.75, 3.05) is 0 Å². The van der Waals surface area contributed by atoms with E-state index in [-0.39, 0.29) is 41.2 Å². The number of allylic oxidation sites excluding steroid dienone is 2. The summed E-state index contributed by atoms with van der Waals surface area (Å²) < 4.78 is 6.18. The minimum absolute atomic E-state index is 0.0267. The molecule has 0 aromatic heterocycles. The van der Waals surface area contributed by atoms with Gasteiger partial charge in [0.2, 0.25) is 0 Å². The Morgan fingerprint density at radius 1 is 1.05 bits per heavy atom. The molecule has 0 saturated carbocycles. The summed E-state index contributed by atoms with van der Waals surface area (Å²) in [5.74, 6) is -0.488. The van der Waals surface area contributed by atoms with Crippen LogP contribution in [0.3, 0.4) is 0 Å². The Morgan fingerprint density at radius 2 is 1.79 bits per heavy atom. The van der Waals surface area contributed by atoms with Crippen LogP contribution in [0.25, 0.3) is 6.08 Å². The smallest absolute Gasteiger partial charge is 0.455 e. The summed E-state index contributed by atoms with van der Waals surface area (Å²) in [5, 5.41) is 20.7. The fourth-order valence-electron chi connectivity index (χ4n) is 6.91. The molecule has 2 aromatic rings. The zero-order valence-corrected chi connectivity index (χ0v) is 22.5. The van der Waals surface area contributed by atoms with E-state index in [1.54, 1.807) is 24.3 Å². The maximum Gasteiger partial charge on any atom is 0.455 e. The van der Waals surface area contributed by atoms with Crippen LogP contribution >= 0.6 is 0 Å². The van der Waals surface area contributed by atoms with Crippen molar-refractivity contribution in [1.82, 2.24) is 0 Å². The molecular weight excluding hydrogens is 475 g/mol. The summed E-state index contributed by atoms with van der Waals surface area (Å²) in [6.45, 7) is 6.45. The number of phenols is 1. The van der Waals surface area contributed by atoms with E-state index in [0.29, 0.717) is 30.3 Å². The number of Topliss-reactive ketones (excluding diaryl/α,β-unsaturated/α-hetero) is 2. The highest BCUT2D eigenvalue weighted by atomic mass is 16.5. The van der Waals surface area contributed by atoms with Gasteiger partial charge in [-0.15, -0.1) is 0 Å². The van der Waals surface area contributed by atoms with Crippen LogP contribution in [0, 0.1) is 23.7 Å². The summed E-state index contributed by atoms with van der Waals surface area (Å²) in [6.07, 6.45) is 6.16. The van der Waals surface area contributed by atoms with Crippen molar-refractivity contribution in [2.24, 2.45) is 23.7 Å². The zero-order valence-electron chi connectivity index (χ0n) is 22.5.